The summed E-state index contributed by atoms with van der Waals surface area (Å²) in [5.74, 6) is -0.171. The second kappa shape index (κ2) is 8.73. The number of para-hydroxylation sites is 1. The van der Waals surface area contributed by atoms with Gasteiger partial charge in [-0.25, -0.2) is 14.6 Å². The van der Waals surface area contributed by atoms with E-state index in [2.05, 4.69) is 20.4 Å². The fraction of sp³-hybridized carbons (Fsp3) is 0.167. The van der Waals surface area contributed by atoms with E-state index in [0.29, 0.717) is 16.4 Å². The van der Waals surface area contributed by atoms with Crippen LogP contribution in [0.5, 0.6) is 0 Å². The van der Waals surface area contributed by atoms with Crippen molar-refractivity contribution in [2.24, 2.45) is 0 Å². The minimum absolute atomic E-state index is 0.171. The normalized spacial score (nSPS) is 10.8. The molecular weight excluding hydrogens is 406 g/mol. The Labute approximate surface area is 185 Å². The molecule has 0 aliphatic heterocycles. The van der Waals surface area contributed by atoms with E-state index in [9.17, 15) is 4.79 Å². The highest BCUT2D eigenvalue weighted by Gasteiger charge is 2.19. The largest absolute Gasteiger partial charge is 0.322 e. The summed E-state index contributed by atoms with van der Waals surface area (Å²) in [4.78, 5) is 22.9. The van der Waals surface area contributed by atoms with Gasteiger partial charge >= 0.3 is 0 Å². The maximum absolute atomic E-state index is 13.0. The van der Waals surface area contributed by atoms with Crippen molar-refractivity contribution in [2.45, 2.75) is 37.7 Å². The Bertz CT molecular complexity index is 1210. The molecule has 4 aromatic rings. The number of amides is 1. The van der Waals surface area contributed by atoms with Gasteiger partial charge in [-0.3, -0.25) is 4.79 Å². The van der Waals surface area contributed by atoms with E-state index in [0.717, 1.165) is 33.4 Å². The van der Waals surface area contributed by atoms with Gasteiger partial charge in [0.1, 0.15) is 0 Å². The van der Waals surface area contributed by atoms with Crippen molar-refractivity contribution in [3.63, 3.8) is 0 Å². The lowest BCUT2D eigenvalue weighted by Crippen LogP contribution is -2.14. The Kier molecular flexibility index (Phi) is 5.86. The number of nitrogens with zero attached hydrogens (tertiary/aromatic N) is 4. The van der Waals surface area contributed by atoms with Crippen LogP contribution in [0.15, 0.2) is 70.7 Å². The van der Waals surface area contributed by atoms with Crippen LogP contribution in [0.1, 0.15) is 33.1 Å². The van der Waals surface area contributed by atoms with Gasteiger partial charge in [-0.1, -0.05) is 18.2 Å². The lowest BCUT2D eigenvalue weighted by Gasteiger charge is -2.08. The summed E-state index contributed by atoms with van der Waals surface area (Å²) >= 11 is 1.50. The summed E-state index contributed by atoms with van der Waals surface area (Å²) in [6.07, 6.45) is 0. The van der Waals surface area contributed by atoms with E-state index < -0.39 is 0 Å². The van der Waals surface area contributed by atoms with E-state index in [1.54, 1.807) is 4.68 Å². The monoisotopic (exact) mass is 429 g/mol. The number of hydrogen-bond acceptors (Lipinski definition) is 5. The summed E-state index contributed by atoms with van der Waals surface area (Å²) in [5.41, 5.74) is 5.63. The van der Waals surface area contributed by atoms with Crippen molar-refractivity contribution in [3.05, 3.63) is 89.0 Å². The number of anilines is 1. The van der Waals surface area contributed by atoms with Crippen molar-refractivity contribution < 1.29 is 4.79 Å². The quantitative estimate of drug-likeness (QED) is 0.436. The molecule has 0 spiro atoms. The zero-order valence-electron chi connectivity index (χ0n) is 17.9. The molecule has 0 saturated heterocycles. The predicted molar refractivity (Wildman–Crippen MR) is 123 cm³/mol. The van der Waals surface area contributed by atoms with Crippen molar-refractivity contribution >= 4 is 23.4 Å². The molecule has 2 aromatic carbocycles. The first kappa shape index (κ1) is 20.8. The van der Waals surface area contributed by atoms with Gasteiger partial charge in [0.25, 0.3) is 5.91 Å². The average Bonchev–Trinajstić information content (AvgIpc) is 3.03. The number of carbonyl (C=O) groups is 1. The molecule has 0 radical (unpaired) electrons. The number of nitrogens with one attached hydrogen (secondary N) is 1. The first-order valence-electron chi connectivity index (χ1n) is 9.94. The maximum Gasteiger partial charge on any atom is 0.259 e. The molecule has 0 saturated carbocycles. The van der Waals surface area contributed by atoms with Crippen LogP contribution in [0, 0.1) is 27.7 Å². The van der Waals surface area contributed by atoms with Crippen LogP contribution in [0.25, 0.3) is 5.69 Å². The predicted octanol–water partition coefficient (Wildman–Crippen LogP) is 5.30. The summed E-state index contributed by atoms with van der Waals surface area (Å²) in [6, 6.07) is 19.4. The van der Waals surface area contributed by atoms with E-state index in [1.807, 2.05) is 88.4 Å². The minimum atomic E-state index is -0.171. The molecule has 2 heterocycles. The van der Waals surface area contributed by atoms with Crippen LogP contribution in [0.4, 0.5) is 5.69 Å². The lowest BCUT2D eigenvalue weighted by molar-refractivity contribution is 0.102. The molecule has 156 valence electrons. The van der Waals surface area contributed by atoms with Crippen LogP contribution < -0.4 is 5.32 Å². The molecule has 31 heavy (non-hydrogen) atoms. The second-order valence-corrected chi connectivity index (χ2v) is 8.35. The Hall–Kier alpha value is -3.45. The minimum Gasteiger partial charge on any atom is -0.322 e. The van der Waals surface area contributed by atoms with Gasteiger partial charge in [-0.2, -0.15) is 5.10 Å². The van der Waals surface area contributed by atoms with Crippen molar-refractivity contribution in [3.8, 4) is 5.69 Å². The summed E-state index contributed by atoms with van der Waals surface area (Å²) < 4.78 is 1.80. The van der Waals surface area contributed by atoms with E-state index in [4.69, 9.17) is 0 Å². The molecular formula is C24H23N5OS. The van der Waals surface area contributed by atoms with Crippen LogP contribution >= 0.6 is 11.8 Å². The van der Waals surface area contributed by atoms with Gasteiger partial charge in [0.05, 0.1) is 22.6 Å². The third kappa shape index (κ3) is 4.67. The molecule has 1 amide bonds. The van der Waals surface area contributed by atoms with Gasteiger partial charge in [0.2, 0.25) is 0 Å². The standard InChI is InChI=1S/C24H23N5OS/c1-15-14-16(2)26-24(25-15)31-21-12-10-19(11-13-21)27-23(30)22-17(3)28-29(18(22)4)20-8-6-5-7-9-20/h5-14H,1-4H3,(H,27,30). The third-order valence-electron chi connectivity index (χ3n) is 4.80. The summed E-state index contributed by atoms with van der Waals surface area (Å²) in [5, 5.41) is 8.25. The number of aromatic nitrogens is 4. The maximum atomic E-state index is 13.0. The molecule has 7 heteroatoms. The second-order valence-electron chi connectivity index (χ2n) is 7.31. The average molecular weight is 430 g/mol. The Morgan fingerprint density at radius 2 is 1.55 bits per heavy atom. The molecule has 4 rings (SSSR count). The highest BCUT2D eigenvalue weighted by molar-refractivity contribution is 7.99. The number of carbonyl (C=O) groups excluding carboxylic acids is 1. The molecule has 0 aliphatic carbocycles. The van der Waals surface area contributed by atoms with Crippen LogP contribution in [0.3, 0.4) is 0 Å². The summed E-state index contributed by atoms with van der Waals surface area (Å²) in [6.45, 7) is 7.68. The number of benzene rings is 2. The van der Waals surface area contributed by atoms with Crippen LogP contribution in [-0.2, 0) is 0 Å². The highest BCUT2D eigenvalue weighted by atomic mass is 32.2. The van der Waals surface area contributed by atoms with Crippen molar-refractivity contribution in [2.75, 3.05) is 5.32 Å². The molecule has 0 bridgehead atoms. The van der Waals surface area contributed by atoms with Crippen LogP contribution in [0.2, 0.25) is 0 Å². The van der Waals surface area contributed by atoms with E-state index in [-0.39, 0.29) is 5.91 Å². The van der Waals surface area contributed by atoms with Gasteiger partial charge in [0.15, 0.2) is 5.16 Å². The molecule has 0 fully saturated rings. The smallest absolute Gasteiger partial charge is 0.259 e. The third-order valence-corrected chi connectivity index (χ3v) is 5.68. The van der Waals surface area contributed by atoms with Gasteiger partial charge < -0.3 is 5.32 Å². The molecule has 0 unspecified atom stereocenters. The Morgan fingerprint density at radius 3 is 2.19 bits per heavy atom. The number of aryl methyl sites for hydroxylation is 3. The molecule has 0 atom stereocenters. The molecule has 2 aromatic heterocycles. The fourth-order valence-electron chi connectivity index (χ4n) is 3.44. The summed E-state index contributed by atoms with van der Waals surface area (Å²) in [7, 11) is 0. The zero-order valence-corrected chi connectivity index (χ0v) is 18.7. The number of rotatable bonds is 5. The lowest BCUT2D eigenvalue weighted by atomic mass is 10.1. The van der Waals surface area contributed by atoms with Gasteiger partial charge in [0, 0.05) is 22.0 Å². The number of hydrogen-bond donors (Lipinski definition) is 1. The topological polar surface area (TPSA) is 72.7 Å². The SMILES string of the molecule is Cc1cc(C)nc(Sc2ccc(NC(=O)c3c(C)nn(-c4ccccc4)c3C)cc2)n1. The fourth-order valence-corrected chi connectivity index (χ4v) is 4.30. The molecule has 1 N–H and O–H groups in total. The van der Waals surface area contributed by atoms with Crippen molar-refractivity contribution in [1.29, 1.82) is 0 Å². The molecule has 6 nitrogen and oxygen atoms in total. The van der Waals surface area contributed by atoms with E-state index in [1.165, 1.54) is 11.8 Å². The molecule has 0 aliphatic rings. The first-order chi connectivity index (χ1) is 14.9. The first-order valence-corrected chi connectivity index (χ1v) is 10.8. The van der Waals surface area contributed by atoms with E-state index >= 15 is 0 Å². The van der Waals surface area contributed by atoms with Gasteiger partial charge in [-0.15, -0.1) is 0 Å². The van der Waals surface area contributed by atoms with Gasteiger partial charge in [-0.05, 0) is 81.9 Å². The Morgan fingerprint density at radius 1 is 0.903 bits per heavy atom. The Balaban J connectivity index is 1.50. The zero-order chi connectivity index (χ0) is 22.0. The van der Waals surface area contributed by atoms with Crippen LogP contribution in [-0.4, -0.2) is 25.7 Å². The highest BCUT2D eigenvalue weighted by Crippen LogP contribution is 2.27. The van der Waals surface area contributed by atoms with Crippen molar-refractivity contribution in [1.82, 2.24) is 19.7 Å².